The molecule has 0 unspecified atom stereocenters. The lowest BCUT2D eigenvalue weighted by molar-refractivity contribution is 0.0791. The van der Waals surface area contributed by atoms with Gasteiger partial charge in [0.25, 0.3) is 5.91 Å². The van der Waals surface area contributed by atoms with Crippen molar-refractivity contribution in [2.45, 2.75) is 26.3 Å². The third-order valence-corrected chi connectivity index (χ3v) is 5.22. The predicted octanol–water partition coefficient (Wildman–Crippen LogP) is 2.42. The minimum Gasteiger partial charge on any atom is -0.337 e. The van der Waals surface area contributed by atoms with Crippen molar-refractivity contribution >= 4 is 21.8 Å². The summed E-state index contributed by atoms with van der Waals surface area (Å²) in [5.74, 6) is 0.0500. The Hall–Kier alpha value is -1.66. The second kappa shape index (κ2) is 5.85. The number of amides is 1. The first-order valence-electron chi connectivity index (χ1n) is 7.34. The van der Waals surface area contributed by atoms with Crippen LogP contribution in [0.2, 0.25) is 0 Å². The Bertz CT molecular complexity index is 708. The van der Waals surface area contributed by atoms with Crippen LogP contribution in [-0.2, 0) is 0 Å². The molecule has 0 saturated carbocycles. The van der Waals surface area contributed by atoms with E-state index in [1.807, 2.05) is 47.7 Å². The highest BCUT2D eigenvalue weighted by Gasteiger charge is 2.24. The third kappa shape index (κ3) is 2.68. The number of aromatic nitrogens is 2. The number of benzene rings is 1. The van der Waals surface area contributed by atoms with Crippen LogP contribution in [0, 0.1) is 13.8 Å². The molecule has 1 saturated heterocycles. The number of halogens is 1. The zero-order valence-corrected chi connectivity index (χ0v) is 14.3. The summed E-state index contributed by atoms with van der Waals surface area (Å²) in [6, 6.07) is 7.66. The van der Waals surface area contributed by atoms with Gasteiger partial charge in [-0.3, -0.25) is 4.79 Å². The van der Waals surface area contributed by atoms with Gasteiger partial charge in [0, 0.05) is 24.7 Å². The topological polar surface area (TPSA) is 64.2 Å². The number of hydrogen-bond donors (Lipinski definition) is 1. The van der Waals surface area contributed by atoms with Crippen LogP contribution >= 0.6 is 15.9 Å². The number of nitrogens with zero attached hydrogens (tertiary/aromatic N) is 3. The van der Waals surface area contributed by atoms with Crippen molar-refractivity contribution in [2.24, 2.45) is 5.73 Å². The van der Waals surface area contributed by atoms with E-state index in [4.69, 9.17) is 5.73 Å². The smallest absolute Gasteiger partial charge is 0.253 e. The van der Waals surface area contributed by atoms with Crippen LogP contribution in [0.3, 0.4) is 0 Å². The highest BCUT2D eigenvalue weighted by atomic mass is 79.9. The first-order chi connectivity index (χ1) is 10.5. The van der Waals surface area contributed by atoms with Gasteiger partial charge < -0.3 is 10.6 Å². The van der Waals surface area contributed by atoms with E-state index >= 15 is 0 Å². The molecule has 1 amide bonds. The van der Waals surface area contributed by atoms with Crippen molar-refractivity contribution < 1.29 is 4.79 Å². The minimum atomic E-state index is 0.0500. The number of nitrogens with two attached hydrogens (primary N) is 1. The average molecular weight is 363 g/mol. The third-order valence-electron chi connectivity index (χ3n) is 4.07. The first-order valence-corrected chi connectivity index (χ1v) is 8.13. The highest BCUT2D eigenvalue weighted by molar-refractivity contribution is 9.10. The summed E-state index contributed by atoms with van der Waals surface area (Å²) in [4.78, 5) is 14.2. The number of likely N-dealkylation sites (tertiary alicyclic amines) is 1. The van der Waals surface area contributed by atoms with Crippen LogP contribution in [0.1, 0.15) is 28.2 Å². The number of rotatable bonds is 2. The molecule has 6 heteroatoms. The van der Waals surface area contributed by atoms with E-state index in [2.05, 4.69) is 21.0 Å². The number of aryl methyl sites for hydroxylation is 1. The molecular weight excluding hydrogens is 344 g/mol. The summed E-state index contributed by atoms with van der Waals surface area (Å²) in [6.07, 6.45) is 0.879. The molecule has 2 N–H and O–H groups in total. The lowest BCUT2D eigenvalue weighted by Gasteiger charge is -2.16. The van der Waals surface area contributed by atoms with Crippen LogP contribution in [0.25, 0.3) is 5.69 Å². The highest BCUT2D eigenvalue weighted by Crippen LogP contribution is 2.23. The Morgan fingerprint density at radius 2 is 2.00 bits per heavy atom. The van der Waals surface area contributed by atoms with E-state index in [9.17, 15) is 4.79 Å². The monoisotopic (exact) mass is 362 g/mol. The Kier molecular flexibility index (Phi) is 4.06. The Morgan fingerprint density at radius 3 is 2.50 bits per heavy atom. The van der Waals surface area contributed by atoms with Crippen molar-refractivity contribution in [3.05, 3.63) is 45.7 Å². The molecular formula is C16H19BrN4O. The maximum atomic E-state index is 12.4. The normalized spacial score (nSPS) is 18.0. The van der Waals surface area contributed by atoms with Gasteiger partial charge in [0.15, 0.2) is 0 Å². The quantitative estimate of drug-likeness (QED) is 0.891. The van der Waals surface area contributed by atoms with Crippen molar-refractivity contribution in [3.8, 4) is 5.69 Å². The summed E-state index contributed by atoms with van der Waals surface area (Å²) >= 11 is 3.53. The fraction of sp³-hybridized carbons (Fsp3) is 0.375. The van der Waals surface area contributed by atoms with Gasteiger partial charge in [0.1, 0.15) is 0 Å². The fourth-order valence-electron chi connectivity index (χ4n) is 2.77. The van der Waals surface area contributed by atoms with Crippen LogP contribution in [0.5, 0.6) is 0 Å². The molecule has 1 fully saturated rings. The summed E-state index contributed by atoms with van der Waals surface area (Å²) < 4.78 is 2.89. The molecule has 0 bridgehead atoms. The predicted molar refractivity (Wildman–Crippen MR) is 89.2 cm³/mol. The van der Waals surface area contributed by atoms with Crippen molar-refractivity contribution in [1.82, 2.24) is 14.7 Å². The van der Waals surface area contributed by atoms with Gasteiger partial charge in [0.05, 0.1) is 21.5 Å². The maximum Gasteiger partial charge on any atom is 0.253 e. The van der Waals surface area contributed by atoms with Gasteiger partial charge >= 0.3 is 0 Å². The van der Waals surface area contributed by atoms with Crippen molar-refractivity contribution in [1.29, 1.82) is 0 Å². The maximum absolute atomic E-state index is 12.4. The number of carbonyl (C=O) groups excluding carboxylic acids is 1. The van der Waals surface area contributed by atoms with E-state index < -0.39 is 0 Å². The summed E-state index contributed by atoms with van der Waals surface area (Å²) in [5, 5.41) is 4.50. The molecule has 0 aliphatic carbocycles. The van der Waals surface area contributed by atoms with Gasteiger partial charge in [-0.1, -0.05) is 0 Å². The van der Waals surface area contributed by atoms with Crippen LogP contribution in [-0.4, -0.2) is 39.7 Å². The SMILES string of the molecule is Cc1nn(-c2ccc(C(=O)N3CC[C@H](N)C3)cc2)c(C)c1Br. The summed E-state index contributed by atoms with van der Waals surface area (Å²) in [5.41, 5.74) is 9.49. The number of carbonyl (C=O) groups is 1. The summed E-state index contributed by atoms with van der Waals surface area (Å²) in [6.45, 7) is 5.36. The van der Waals surface area contributed by atoms with Crippen molar-refractivity contribution in [2.75, 3.05) is 13.1 Å². The Labute approximate surface area is 138 Å². The minimum absolute atomic E-state index is 0.0500. The molecule has 22 heavy (non-hydrogen) atoms. The molecule has 2 aromatic rings. The first kappa shape index (κ1) is 15.2. The zero-order valence-electron chi connectivity index (χ0n) is 12.7. The molecule has 1 atom stereocenters. The van der Waals surface area contributed by atoms with E-state index in [1.54, 1.807) is 0 Å². The summed E-state index contributed by atoms with van der Waals surface area (Å²) in [7, 11) is 0. The average Bonchev–Trinajstić information content (AvgIpc) is 3.06. The fourth-order valence-corrected chi connectivity index (χ4v) is 3.02. The molecule has 116 valence electrons. The van der Waals surface area contributed by atoms with Gasteiger partial charge in [-0.2, -0.15) is 5.10 Å². The van der Waals surface area contributed by atoms with Crippen LogP contribution in [0.15, 0.2) is 28.7 Å². The van der Waals surface area contributed by atoms with E-state index in [0.717, 1.165) is 34.5 Å². The molecule has 5 nitrogen and oxygen atoms in total. The molecule has 1 aliphatic rings. The second-order valence-corrected chi connectivity index (χ2v) is 6.54. The standard InChI is InChI=1S/C16H19BrN4O/c1-10-15(17)11(2)21(19-10)14-5-3-12(4-6-14)16(22)20-8-7-13(18)9-20/h3-6,13H,7-9,18H2,1-2H3/t13-/m0/s1. The van der Waals surface area contributed by atoms with E-state index in [1.165, 1.54) is 0 Å². The lowest BCUT2D eigenvalue weighted by Crippen LogP contribution is -2.31. The van der Waals surface area contributed by atoms with E-state index in [0.29, 0.717) is 12.1 Å². The second-order valence-electron chi connectivity index (χ2n) is 5.74. The Morgan fingerprint density at radius 1 is 1.32 bits per heavy atom. The molecule has 0 radical (unpaired) electrons. The van der Waals surface area contributed by atoms with Gasteiger partial charge in [-0.05, 0) is 60.5 Å². The van der Waals surface area contributed by atoms with Gasteiger partial charge in [-0.25, -0.2) is 4.68 Å². The van der Waals surface area contributed by atoms with Crippen LogP contribution < -0.4 is 5.73 Å². The van der Waals surface area contributed by atoms with E-state index in [-0.39, 0.29) is 11.9 Å². The Balaban J connectivity index is 1.83. The van der Waals surface area contributed by atoms with Crippen LogP contribution in [0.4, 0.5) is 0 Å². The van der Waals surface area contributed by atoms with Crippen molar-refractivity contribution in [3.63, 3.8) is 0 Å². The molecule has 1 aliphatic heterocycles. The largest absolute Gasteiger partial charge is 0.337 e. The zero-order chi connectivity index (χ0) is 15.9. The van der Waals surface area contributed by atoms with Gasteiger partial charge in [-0.15, -0.1) is 0 Å². The molecule has 3 rings (SSSR count). The molecule has 2 heterocycles. The number of hydrogen-bond acceptors (Lipinski definition) is 3. The molecule has 1 aromatic heterocycles. The molecule has 0 spiro atoms. The molecule has 1 aromatic carbocycles. The lowest BCUT2D eigenvalue weighted by atomic mass is 10.2. The van der Waals surface area contributed by atoms with Gasteiger partial charge in [0.2, 0.25) is 0 Å².